The van der Waals surface area contributed by atoms with E-state index in [9.17, 15) is 14.7 Å². The minimum Gasteiger partial charge on any atom is -0.394 e. The van der Waals surface area contributed by atoms with Crippen molar-refractivity contribution in [1.29, 1.82) is 0 Å². The number of rotatable bonds is 13. The van der Waals surface area contributed by atoms with Gasteiger partial charge in [0.2, 0.25) is 11.8 Å². The second-order valence-corrected chi connectivity index (χ2v) is 4.55. The van der Waals surface area contributed by atoms with E-state index in [1.807, 2.05) is 0 Å². The van der Waals surface area contributed by atoms with Crippen LogP contribution in [0, 0.1) is 0 Å². The van der Waals surface area contributed by atoms with Crippen LogP contribution in [0.3, 0.4) is 0 Å². The van der Waals surface area contributed by atoms with E-state index in [0.717, 1.165) is 0 Å². The number of aliphatic hydroxyl groups is 2. The summed E-state index contributed by atoms with van der Waals surface area (Å²) in [6.45, 7) is 0.617. The molecule has 6 N–H and O–H groups in total. The summed E-state index contributed by atoms with van der Waals surface area (Å²) < 4.78 is 10.2. The molecule has 0 rings (SSSR count). The van der Waals surface area contributed by atoms with Gasteiger partial charge in [0.05, 0.1) is 38.6 Å². The van der Waals surface area contributed by atoms with E-state index >= 15 is 0 Å². The molecule has 0 fully saturated rings. The summed E-state index contributed by atoms with van der Waals surface area (Å²) in [6.07, 6.45) is 0.208. The van der Waals surface area contributed by atoms with Crippen LogP contribution in [0.2, 0.25) is 0 Å². The van der Waals surface area contributed by atoms with Crippen molar-refractivity contribution < 1.29 is 29.3 Å². The number of hydrogen-bond donors (Lipinski definition) is 4. The maximum atomic E-state index is 10.8. The molecule has 0 spiro atoms. The van der Waals surface area contributed by atoms with Crippen molar-refractivity contribution in [1.82, 2.24) is 0 Å². The maximum absolute atomic E-state index is 10.8. The first-order valence-corrected chi connectivity index (χ1v) is 6.45. The Morgan fingerprint density at radius 1 is 0.950 bits per heavy atom. The second kappa shape index (κ2) is 10.6. The molecule has 0 aromatic heterocycles. The summed E-state index contributed by atoms with van der Waals surface area (Å²) in [5, 5.41) is 18.8. The number of carbonyl (C=O) groups is 2. The number of aliphatic hydroxyl groups excluding tert-OH is 1. The molecule has 0 aromatic rings. The Labute approximate surface area is 118 Å². The van der Waals surface area contributed by atoms with Crippen LogP contribution in [-0.4, -0.2) is 60.7 Å². The zero-order valence-corrected chi connectivity index (χ0v) is 11.5. The fourth-order valence-electron chi connectivity index (χ4n) is 1.53. The van der Waals surface area contributed by atoms with Crippen LogP contribution in [-0.2, 0) is 19.1 Å². The molecule has 8 nitrogen and oxygen atoms in total. The fourth-order valence-corrected chi connectivity index (χ4v) is 1.53. The normalized spacial score (nSPS) is 11.5. The Balaban J connectivity index is 4.08. The molecule has 0 saturated carbocycles. The molecule has 0 saturated heterocycles. The highest BCUT2D eigenvalue weighted by molar-refractivity contribution is 5.74. The summed E-state index contributed by atoms with van der Waals surface area (Å²) in [6, 6.07) is 0. The highest BCUT2D eigenvalue weighted by Gasteiger charge is 2.28. The van der Waals surface area contributed by atoms with Gasteiger partial charge in [0.15, 0.2) is 0 Å². The molecule has 0 heterocycles. The first-order valence-electron chi connectivity index (χ1n) is 6.45. The SMILES string of the molecule is NC(=O)CCC(O)(CCC(N)=O)COCCOCCO. The standard InChI is InChI=1S/C12H24N2O6/c13-10(16)1-3-12(18,4-2-11(14)17)9-20-8-7-19-6-5-15/h15,18H,1-9H2,(H2,13,16)(H2,14,17). The lowest BCUT2D eigenvalue weighted by molar-refractivity contribution is -0.123. The lowest BCUT2D eigenvalue weighted by Gasteiger charge is -2.27. The molecule has 118 valence electrons. The summed E-state index contributed by atoms with van der Waals surface area (Å²) in [7, 11) is 0. The minimum absolute atomic E-state index is 0.000363. The topological polar surface area (TPSA) is 145 Å². The van der Waals surface area contributed by atoms with Crippen LogP contribution in [0.15, 0.2) is 0 Å². The Morgan fingerprint density at radius 3 is 1.90 bits per heavy atom. The third-order valence-corrected chi connectivity index (χ3v) is 2.65. The zero-order valence-electron chi connectivity index (χ0n) is 11.5. The molecular formula is C12H24N2O6. The maximum Gasteiger partial charge on any atom is 0.217 e. The lowest BCUT2D eigenvalue weighted by atomic mass is 9.92. The van der Waals surface area contributed by atoms with Crippen molar-refractivity contribution >= 4 is 11.8 Å². The molecule has 0 atom stereocenters. The van der Waals surface area contributed by atoms with E-state index in [0.29, 0.717) is 0 Å². The molecule has 8 heteroatoms. The van der Waals surface area contributed by atoms with Gasteiger partial charge in [-0.25, -0.2) is 0 Å². The Hall–Kier alpha value is -1.22. The van der Waals surface area contributed by atoms with E-state index in [-0.39, 0.29) is 58.7 Å². The zero-order chi connectivity index (χ0) is 15.4. The van der Waals surface area contributed by atoms with Gasteiger partial charge in [-0.3, -0.25) is 9.59 Å². The van der Waals surface area contributed by atoms with Crippen LogP contribution in [0.25, 0.3) is 0 Å². The van der Waals surface area contributed by atoms with Gasteiger partial charge in [-0.2, -0.15) is 0 Å². The monoisotopic (exact) mass is 292 g/mol. The predicted octanol–water partition coefficient (Wildman–Crippen LogP) is -1.73. The average molecular weight is 292 g/mol. The molecule has 20 heavy (non-hydrogen) atoms. The van der Waals surface area contributed by atoms with Crippen LogP contribution in [0.4, 0.5) is 0 Å². The molecule has 2 amide bonds. The second-order valence-electron chi connectivity index (χ2n) is 4.55. The van der Waals surface area contributed by atoms with Crippen molar-refractivity contribution in [3.8, 4) is 0 Å². The van der Waals surface area contributed by atoms with Crippen molar-refractivity contribution in [2.45, 2.75) is 31.3 Å². The fraction of sp³-hybridized carbons (Fsp3) is 0.833. The first kappa shape index (κ1) is 18.8. The van der Waals surface area contributed by atoms with Crippen LogP contribution in [0.5, 0.6) is 0 Å². The quantitative estimate of drug-likeness (QED) is 0.297. The van der Waals surface area contributed by atoms with E-state index in [1.165, 1.54) is 0 Å². The highest BCUT2D eigenvalue weighted by atomic mass is 16.5. The van der Waals surface area contributed by atoms with Crippen molar-refractivity contribution in [3.05, 3.63) is 0 Å². The van der Waals surface area contributed by atoms with Crippen molar-refractivity contribution in [3.63, 3.8) is 0 Å². The Kier molecular flexibility index (Phi) is 9.91. The third kappa shape index (κ3) is 10.7. The van der Waals surface area contributed by atoms with E-state index in [1.54, 1.807) is 0 Å². The highest BCUT2D eigenvalue weighted by Crippen LogP contribution is 2.20. The number of carbonyl (C=O) groups excluding carboxylic acids is 2. The van der Waals surface area contributed by atoms with Gasteiger partial charge in [0.1, 0.15) is 0 Å². The molecule has 0 aliphatic heterocycles. The van der Waals surface area contributed by atoms with Gasteiger partial charge in [-0.05, 0) is 12.8 Å². The van der Waals surface area contributed by atoms with Crippen LogP contribution >= 0.6 is 0 Å². The third-order valence-electron chi connectivity index (χ3n) is 2.65. The van der Waals surface area contributed by atoms with E-state index < -0.39 is 17.4 Å². The summed E-state index contributed by atoms with van der Waals surface area (Å²) in [5.74, 6) is -1.07. The molecule has 0 unspecified atom stereocenters. The van der Waals surface area contributed by atoms with Crippen LogP contribution < -0.4 is 11.5 Å². The number of nitrogens with two attached hydrogens (primary N) is 2. The largest absolute Gasteiger partial charge is 0.394 e. The van der Waals surface area contributed by atoms with Gasteiger partial charge in [-0.15, -0.1) is 0 Å². The van der Waals surface area contributed by atoms with Crippen molar-refractivity contribution in [2.75, 3.05) is 33.0 Å². The van der Waals surface area contributed by atoms with Gasteiger partial charge < -0.3 is 31.2 Å². The molecule has 0 radical (unpaired) electrons. The predicted molar refractivity (Wildman–Crippen MR) is 70.5 cm³/mol. The van der Waals surface area contributed by atoms with Crippen LogP contribution in [0.1, 0.15) is 25.7 Å². The summed E-state index contributed by atoms with van der Waals surface area (Å²) in [4.78, 5) is 21.5. The number of hydrogen-bond acceptors (Lipinski definition) is 6. The molecule has 0 aliphatic rings. The van der Waals surface area contributed by atoms with E-state index in [4.69, 9.17) is 26.0 Å². The molecular weight excluding hydrogens is 268 g/mol. The number of amides is 2. The smallest absolute Gasteiger partial charge is 0.217 e. The van der Waals surface area contributed by atoms with Gasteiger partial charge in [-0.1, -0.05) is 0 Å². The molecule has 0 aromatic carbocycles. The first-order chi connectivity index (χ1) is 9.39. The van der Waals surface area contributed by atoms with Crippen molar-refractivity contribution in [2.24, 2.45) is 11.5 Å². The van der Waals surface area contributed by atoms with E-state index in [2.05, 4.69) is 0 Å². The van der Waals surface area contributed by atoms with Gasteiger partial charge in [0.25, 0.3) is 0 Å². The number of ether oxygens (including phenoxy) is 2. The van der Waals surface area contributed by atoms with Gasteiger partial charge >= 0.3 is 0 Å². The Bertz CT molecular complexity index is 280. The molecule has 0 aliphatic carbocycles. The summed E-state index contributed by atoms with van der Waals surface area (Å²) in [5.41, 5.74) is 8.76. The Morgan fingerprint density at radius 2 is 1.45 bits per heavy atom. The average Bonchev–Trinajstić information content (AvgIpc) is 2.38. The molecule has 0 bridgehead atoms. The number of primary amides is 2. The van der Waals surface area contributed by atoms with Gasteiger partial charge in [0, 0.05) is 12.8 Å². The lowest BCUT2D eigenvalue weighted by Crippen LogP contribution is -2.37. The summed E-state index contributed by atoms with van der Waals surface area (Å²) >= 11 is 0. The minimum atomic E-state index is -1.32.